The van der Waals surface area contributed by atoms with Crippen LogP contribution < -0.4 is 15.6 Å². The molecular weight excluding hydrogens is 424 g/mol. The first-order chi connectivity index (χ1) is 15.7. The minimum atomic E-state index is -0.132. The third-order valence-corrected chi connectivity index (χ3v) is 6.83. The second-order valence-electron chi connectivity index (χ2n) is 7.81. The Hall–Kier alpha value is -3.26. The highest BCUT2D eigenvalue weighted by Gasteiger charge is 2.22. The summed E-state index contributed by atoms with van der Waals surface area (Å²) in [5, 5.41) is 4.55. The minimum Gasteiger partial charge on any atom is -0.497 e. The van der Waals surface area contributed by atoms with Gasteiger partial charge in [-0.15, -0.1) is 0 Å². The van der Waals surface area contributed by atoms with Crippen molar-refractivity contribution < 1.29 is 9.53 Å². The lowest BCUT2D eigenvalue weighted by Crippen LogP contribution is -2.31. The molecule has 8 heteroatoms. The highest BCUT2D eigenvalue weighted by molar-refractivity contribution is 7.99. The van der Waals surface area contributed by atoms with Crippen LogP contribution in [0.1, 0.15) is 12.0 Å². The van der Waals surface area contributed by atoms with Crippen molar-refractivity contribution in [2.45, 2.75) is 31.1 Å². The summed E-state index contributed by atoms with van der Waals surface area (Å²) in [6.07, 6.45) is 1.69. The molecule has 1 amide bonds. The van der Waals surface area contributed by atoms with E-state index >= 15 is 0 Å². The van der Waals surface area contributed by atoms with E-state index in [1.54, 1.807) is 28.0 Å². The summed E-state index contributed by atoms with van der Waals surface area (Å²) in [5.74, 6) is 1.51. The van der Waals surface area contributed by atoms with Crippen molar-refractivity contribution in [1.82, 2.24) is 19.4 Å². The zero-order valence-corrected chi connectivity index (χ0v) is 18.7. The van der Waals surface area contributed by atoms with Crippen LogP contribution in [0.2, 0.25) is 0 Å². The third kappa shape index (κ3) is 3.75. The van der Waals surface area contributed by atoms with Crippen LogP contribution >= 0.6 is 11.8 Å². The Morgan fingerprint density at radius 1 is 1.22 bits per heavy atom. The van der Waals surface area contributed by atoms with Gasteiger partial charge in [0, 0.05) is 24.2 Å². The summed E-state index contributed by atoms with van der Waals surface area (Å²) >= 11 is 1.60. The lowest BCUT2D eigenvalue weighted by atomic mass is 10.1. The van der Waals surface area contributed by atoms with Gasteiger partial charge in [-0.3, -0.25) is 14.2 Å². The Kier molecular flexibility index (Phi) is 5.61. The van der Waals surface area contributed by atoms with Crippen LogP contribution in [0.3, 0.4) is 0 Å². The molecule has 0 radical (unpaired) electrons. The molecule has 7 nitrogen and oxygen atoms in total. The molecule has 0 fully saturated rings. The second kappa shape index (κ2) is 8.70. The highest BCUT2D eigenvalue weighted by atomic mass is 32.2. The van der Waals surface area contributed by atoms with Gasteiger partial charge in [-0.25, -0.2) is 4.98 Å². The predicted octanol–water partition coefficient (Wildman–Crippen LogP) is 3.21. The zero-order chi connectivity index (χ0) is 22.1. The van der Waals surface area contributed by atoms with Crippen molar-refractivity contribution in [3.05, 3.63) is 64.4 Å². The Labute approximate surface area is 189 Å². The first-order valence-corrected chi connectivity index (χ1v) is 11.7. The number of rotatable bonds is 6. The molecule has 0 unspecified atom stereocenters. The molecule has 4 aromatic rings. The van der Waals surface area contributed by atoms with E-state index in [2.05, 4.69) is 5.32 Å². The standard InChI is InChI=1S/C24H24N4O3S/c1-31-17-8-9-19-18(14-17)21-22(23(30)27-12-5-13-32-24(27)26-21)28(19)15-20(29)25-11-10-16-6-3-2-4-7-16/h2-4,6-9,14H,5,10-13,15H2,1H3,(H,25,29). The van der Waals surface area contributed by atoms with Crippen molar-refractivity contribution >= 4 is 39.6 Å². The third-order valence-electron chi connectivity index (χ3n) is 5.77. The zero-order valence-electron chi connectivity index (χ0n) is 17.8. The monoisotopic (exact) mass is 448 g/mol. The quantitative estimate of drug-likeness (QED) is 0.458. The SMILES string of the molecule is COc1ccc2c(c1)c1nc3n(c(=O)c1n2CC(=O)NCCc1ccccc1)CCCS3. The van der Waals surface area contributed by atoms with Gasteiger partial charge in [-0.2, -0.15) is 0 Å². The Bertz CT molecular complexity index is 1360. The van der Waals surface area contributed by atoms with E-state index < -0.39 is 0 Å². The number of carbonyl (C=O) groups is 1. The fourth-order valence-corrected chi connectivity index (χ4v) is 5.13. The maximum Gasteiger partial charge on any atom is 0.278 e. The molecular formula is C24H24N4O3S. The maximum absolute atomic E-state index is 13.4. The van der Waals surface area contributed by atoms with Crippen LogP contribution in [0.4, 0.5) is 0 Å². The number of thioether (sulfide) groups is 1. The topological polar surface area (TPSA) is 78.2 Å². The second-order valence-corrected chi connectivity index (χ2v) is 8.87. The Morgan fingerprint density at radius 3 is 2.88 bits per heavy atom. The molecule has 3 heterocycles. The van der Waals surface area contributed by atoms with Crippen molar-refractivity contribution in [2.75, 3.05) is 19.4 Å². The number of hydrogen-bond donors (Lipinski definition) is 1. The van der Waals surface area contributed by atoms with E-state index in [-0.39, 0.29) is 18.0 Å². The molecule has 164 valence electrons. The Balaban J connectivity index is 1.52. The van der Waals surface area contributed by atoms with Gasteiger partial charge in [0.2, 0.25) is 5.91 Å². The summed E-state index contributed by atoms with van der Waals surface area (Å²) < 4.78 is 8.92. The van der Waals surface area contributed by atoms with E-state index in [1.807, 2.05) is 48.5 Å². The summed E-state index contributed by atoms with van der Waals surface area (Å²) in [7, 11) is 1.61. The van der Waals surface area contributed by atoms with Crippen LogP contribution in [0.25, 0.3) is 21.9 Å². The summed E-state index contributed by atoms with van der Waals surface area (Å²) in [5.41, 5.74) is 2.98. The molecule has 5 rings (SSSR count). The number of benzene rings is 2. The lowest BCUT2D eigenvalue weighted by Gasteiger charge is -2.17. The van der Waals surface area contributed by atoms with Gasteiger partial charge >= 0.3 is 0 Å². The van der Waals surface area contributed by atoms with Gasteiger partial charge in [0.1, 0.15) is 23.3 Å². The average molecular weight is 449 g/mol. The molecule has 2 aromatic carbocycles. The summed E-state index contributed by atoms with van der Waals surface area (Å²) in [6, 6.07) is 15.7. The molecule has 1 N–H and O–H groups in total. The number of amides is 1. The number of ether oxygens (including phenoxy) is 1. The number of methoxy groups -OCH3 is 1. The molecule has 0 saturated carbocycles. The van der Waals surface area contributed by atoms with Crippen molar-refractivity contribution in [2.24, 2.45) is 0 Å². The van der Waals surface area contributed by atoms with Gasteiger partial charge < -0.3 is 14.6 Å². The molecule has 32 heavy (non-hydrogen) atoms. The normalized spacial score (nSPS) is 13.3. The molecule has 0 bridgehead atoms. The van der Waals surface area contributed by atoms with Crippen LogP contribution in [0.5, 0.6) is 5.75 Å². The van der Waals surface area contributed by atoms with E-state index in [0.29, 0.717) is 29.9 Å². The number of nitrogens with zero attached hydrogens (tertiary/aromatic N) is 3. The van der Waals surface area contributed by atoms with Gasteiger partial charge in [-0.1, -0.05) is 42.1 Å². The number of carbonyl (C=O) groups excluding carboxylic acids is 1. The van der Waals surface area contributed by atoms with Crippen molar-refractivity contribution in [3.8, 4) is 5.75 Å². The fourth-order valence-electron chi connectivity index (χ4n) is 4.19. The van der Waals surface area contributed by atoms with Crippen molar-refractivity contribution in [3.63, 3.8) is 0 Å². The number of fused-ring (bicyclic) bond motifs is 4. The van der Waals surface area contributed by atoms with Crippen LogP contribution in [0.15, 0.2) is 58.5 Å². The highest BCUT2D eigenvalue weighted by Crippen LogP contribution is 2.31. The summed E-state index contributed by atoms with van der Waals surface area (Å²) in [6.45, 7) is 1.25. The van der Waals surface area contributed by atoms with E-state index in [4.69, 9.17) is 9.72 Å². The number of hydrogen-bond acceptors (Lipinski definition) is 5. The molecule has 2 aromatic heterocycles. The van der Waals surface area contributed by atoms with Crippen LogP contribution in [0, 0.1) is 0 Å². The molecule has 0 saturated heterocycles. The molecule has 0 spiro atoms. The molecule has 1 aliphatic rings. The minimum absolute atomic E-state index is 0.0600. The average Bonchev–Trinajstić information content (AvgIpc) is 3.12. The smallest absolute Gasteiger partial charge is 0.278 e. The first-order valence-electron chi connectivity index (χ1n) is 10.7. The number of nitrogens with one attached hydrogen (secondary N) is 1. The van der Waals surface area contributed by atoms with Crippen LogP contribution in [-0.4, -0.2) is 39.4 Å². The number of aromatic nitrogens is 3. The van der Waals surface area contributed by atoms with Crippen LogP contribution in [-0.2, 0) is 24.3 Å². The van der Waals surface area contributed by atoms with Gasteiger partial charge in [0.05, 0.1) is 12.6 Å². The summed E-state index contributed by atoms with van der Waals surface area (Å²) in [4.78, 5) is 31.1. The van der Waals surface area contributed by atoms with E-state index in [9.17, 15) is 9.59 Å². The van der Waals surface area contributed by atoms with Gasteiger partial charge in [0.25, 0.3) is 5.56 Å². The van der Waals surface area contributed by atoms with Crippen molar-refractivity contribution in [1.29, 1.82) is 0 Å². The predicted molar refractivity (Wildman–Crippen MR) is 127 cm³/mol. The fraction of sp³-hybridized carbons (Fsp3) is 0.292. The molecule has 0 atom stereocenters. The van der Waals surface area contributed by atoms with Gasteiger partial charge in [-0.05, 0) is 36.6 Å². The maximum atomic E-state index is 13.4. The largest absolute Gasteiger partial charge is 0.497 e. The van der Waals surface area contributed by atoms with E-state index in [1.165, 1.54) is 5.56 Å². The Morgan fingerprint density at radius 2 is 2.06 bits per heavy atom. The van der Waals surface area contributed by atoms with Gasteiger partial charge in [0.15, 0.2) is 5.16 Å². The lowest BCUT2D eigenvalue weighted by molar-refractivity contribution is -0.121. The first kappa shape index (κ1) is 20.6. The van der Waals surface area contributed by atoms with E-state index in [0.717, 1.165) is 34.7 Å². The molecule has 1 aliphatic heterocycles. The molecule has 0 aliphatic carbocycles.